The lowest BCUT2D eigenvalue weighted by atomic mass is 10.1. The number of hydrogen-bond acceptors (Lipinski definition) is 6. The summed E-state index contributed by atoms with van der Waals surface area (Å²) in [5.41, 5.74) is 2.15. The van der Waals surface area contributed by atoms with Crippen LogP contribution < -0.4 is 14.8 Å². The second kappa shape index (κ2) is 8.04. The molecule has 0 aliphatic heterocycles. The number of carbonyl (C=O) groups excluding carboxylic acids is 2. The molecule has 0 saturated carbocycles. The first kappa shape index (κ1) is 19.3. The van der Waals surface area contributed by atoms with E-state index in [2.05, 4.69) is 5.32 Å². The number of methoxy groups -OCH3 is 2. The fraction of sp³-hybridized carbons (Fsp3) is 0.238. The lowest BCUT2D eigenvalue weighted by molar-refractivity contribution is 0.0491. The number of ether oxygens (including phenoxy) is 3. The fourth-order valence-corrected chi connectivity index (χ4v) is 2.88. The second-order valence-electron chi connectivity index (χ2n) is 6.01. The van der Waals surface area contributed by atoms with Gasteiger partial charge in [0.1, 0.15) is 5.58 Å². The van der Waals surface area contributed by atoms with Gasteiger partial charge in [0.15, 0.2) is 11.5 Å². The van der Waals surface area contributed by atoms with Crippen LogP contribution in [0.3, 0.4) is 0 Å². The Morgan fingerprint density at radius 3 is 2.46 bits per heavy atom. The van der Waals surface area contributed by atoms with Gasteiger partial charge in [0.25, 0.3) is 5.91 Å². The molecule has 0 aliphatic carbocycles. The highest BCUT2D eigenvalue weighted by Gasteiger charge is 2.19. The molecule has 7 nitrogen and oxygen atoms in total. The van der Waals surface area contributed by atoms with Crippen molar-refractivity contribution in [2.45, 2.75) is 13.8 Å². The lowest BCUT2D eigenvalue weighted by Crippen LogP contribution is -2.12. The molecular weight excluding hydrogens is 362 g/mol. The fourth-order valence-electron chi connectivity index (χ4n) is 2.88. The number of fused-ring (bicyclic) bond motifs is 1. The molecular formula is C21H21NO6. The highest BCUT2D eigenvalue weighted by molar-refractivity contribution is 6.06. The van der Waals surface area contributed by atoms with E-state index in [1.165, 1.54) is 14.2 Å². The third kappa shape index (κ3) is 3.64. The van der Waals surface area contributed by atoms with Crippen molar-refractivity contribution in [1.82, 2.24) is 0 Å². The average molecular weight is 383 g/mol. The Hall–Kier alpha value is -3.48. The first-order valence-electron chi connectivity index (χ1n) is 8.72. The van der Waals surface area contributed by atoms with Gasteiger partial charge in [-0.1, -0.05) is 0 Å². The highest BCUT2D eigenvalue weighted by atomic mass is 16.5. The molecule has 1 amide bonds. The Labute approximate surface area is 162 Å². The maximum Gasteiger partial charge on any atom is 0.374 e. The third-order valence-electron chi connectivity index (χ3n) is 4.30. The number of furan rings is 1. The van der Waals surface area contributed by atoms with Crippen LogP contribution in [0.25, 0.3) is 11.0 Å². The number of anilines is 1. The van der Waals surface area contributed by atoms with Crippen molar-refractivity contribution in [3.63, 3.8) is 0 Å². The number of nitrogens with one attached hydrogen (secondary N) is 1. The van der Waals surface area contributed by atoms with Crippen molar-refractivity contribution >= 4 is 28.5 Å². The molecule has 0 aliphatic rings. The summed E-state index contributed by atoms with van der Waals surface area (Å²) in [6, 6.07) is 10.1. The predicted molar refractivity (Wildman–Crippen MR) is 104 cm³/mol. The number of benzene rings is 2. The average Bonchev–Trinajstić information content (AvgIpc) is 3.03. The molecule has 2 aromatic carbocycles. The zero-order valence-corrected chi connectivity index (χ0v) is 16.1. The summed E-state index contributed by atoms with van der Waals surface area (Å²) < 4.78 is 21.1. The Kier molecular flexibility index (Phi) is 5.54. The molecule has 0 atom stereocenters. The van der Waals surface area contributed by atoms with Crippen molar-refractivity contribution in [2.75, 3.05) is 26.1 Å². The first-order chi connectivity index (χ1) is 13.5. The molecule has 0 spiro atoms. The Morgan fingerprint density at radius 1 is 1.04 bits per heavy atom. The maximum absolute atomic E-state index is 12.6. The normalized spacial score (nSPS) is 10.6. The topological polar surface area (TPSA) is 87.0 Å². The summed E-state index contributed by atoms with van der Waals surface area (Å²) in [6.07, 6.45) is 0. The number of carbonyl (C=O) groups is 2. The molecule has 0 fully saturated rings. The highest BCUT2D eigenvalue weighted by Crippen LogP contribution is 2.30. The minimum Gasteiger partial charge on any atom is -0.493 e. The van der Waals surface area contributed by atoms with Gasteiger partial charge >= 0.3 is 5.97 Å². The van der Waals surface area contributed by atoms with Gasteiger partial charge in [0, 0.05) is 28.3 Å². The van der Waals surface area contributed by atoms with Crippen molar-refractivity contribution in [2.24, 2.45) is 0 Å². The van der Waals surface area contributed by atoms with Crippen molar-refractivity contribution in [3.05, 3.63) is 53.3 Å². The van der Waals surface area contributed by atoms with Crippen LogP contribution in [-0.2, 0) is 4.74 Å². The molecule has 1 aromatic heterocycles. The van der Waals surface area contributed by atoms with Crippen LogP contribution in [0, 0.1) is 6.92 Å². The number of rotatable bonds is 6. The molecule has 3 aromatic rings. The van der Waals surface area contributed by atoms with Crippen molar-refractivity contribution < 1.29 is 28.2 Å². The van der Waals surface area contributed by atoms with E-state index in [1.54, 1.807) is 50.2 Å². The molecule has 146 valence electrons. The molecule has 1 N–H and O–H groups in total. The number of hydrogen-bond donors (Lipinski definition) is 1. The van der Waals surface area contributed by atoms with Gasteiger partial charge in [-0.25, -0.2) is 4.79 Å². The quantitative estimate of drug-likeness (QED) is 0.643. The molecule has 0 bridgehead atoms. The Bertz CT molecular complexity index is 1040. The first-order valence-corrected chi connectivity index (χ1v) is 8.72. The SMILES string of the molecule is CCOC(=O)c1oc2cc(NC(=O)c3ccc(OC)c(OC)c3)ccc2c1C. The molecule has 0 unspecified atom stereocenters. The van der Waals surface area contributed by atoms with Gasteiger partial charge < -0.3 is 23.9 Å². The Balaban J connectivity index is 1.86. The zero-order chi connectivity index (χ0) is 20.3. The second-order valence-corrected chi connectivity index (χ2v) is 6.01. The van der Waals surface area contributed by atoms with E-state index in [4.69, 9.17) is 18.6 Å². The zero-order valence-electron chi connectivity index (χ0n) is 16.1. The van der Waals surface area contributed by atoms with E-state index in [0.717, 1.165) is 5.39 Å². The molecule has 0 radical (unpaired) electrons. The summed E-state index contributed by atoms with van der Waals surface area (Å²) >= 11 is 0. The van der Waals surface area contributed by atoms with E-state index in [9.17, 15) is 9.59 Å². The van der Waals surface area contributed by atoms with Crippen LogP contribution >= 0.6 is 0 Å². The van der Waals surface area contributed by atoms with Gasteiger partial charge in [-0.2, -0.15) is 0 Å². The summed E-state index contributed by atoms with van der Waals surface area (Å²) in [6.45, 7) is 3.79. The minimum absolute atomic E-state index is 0.167. The van der Waals surface area contributed by atoms with E-state index >= 15 is 0 Å². The minimum atomic E-state index is -0.507. The largest absolute Gasteiger partial charge is 0.493 e. The standard InChI is InChI=1S/C21H21NO6/c1-5-27-21(24)19-12(2)15-8-7-14(11-17(15)28-19)22-20(23)13-6-9-16(25-3)18(10-13)26-4/h6-11H,5H2,1-4H3,(H,22,23). The van der Waals surface area contributed by atoms with Gasteiger partial charge in [-0.05, 0) is 44.2 Å². The number of esters is 1. The van der Waals surface area contributed by atoms with E-state index in [-0.39, 0.29) is 18.3 Å². The molecule has 3 rings (SSSR count). The van der Waals surface area contributed by atoms with Crippen LogP contribution in [0.2, 0.25) is 0 Å². The third-order valence-corrected chi connectivity index (χ3v) is 4.30. The summed E-state index contributed by atoms with van der Waals surface area (Å²) in [7, 11) is 3.04. The van der Waals surface area contributed by atoms with Crippen LogP contribution in [0.1, 0.15) is 33.4 Å². The number of amides is 1. The van der Waals surface area contributed by atoms with Gasteiger partial charge in [0.05, 0.1) is 20.8 Å². The van der Waals surface area contributed by atoms with Crippen LogP contribution in [0.15, 0.2) is 40.8 Å². The molecule has 0 saturated heterocycles. The van der Waals surface area contributed by atoms with Crippen LogP contribution in [0.4, 0.5) is 5.69 Å². The van der Waals surface area contributed by atoms with E-state index < -0.39 is 5.97 Å². The van der Waals surface area contributed by atoms with Crippen LogP contribution in [0.5, 0.6) is 11.5 Å². The molecule has 28 heavy (non-hydrogen) atoms. The van der Waals surface area contributed by atoms with Crippen LogP contribution in [-0.4, -0.2) is 32.7 Å². The monoisotopic (exact) mass is 383 g/mol. The van der Waals surface area contributed by atoms with Gasteiger partial charge in [-0.3, -0.25) is 4.79 Å². The molecule has 7 heteroatoms. The number of aryl methyl sites for hydroxylation is 1. The lowest BCUT2D eigenvalue weighted by Gasteiger charge is -2.10. The van der Waals surface area contributed by atoms with E-state index in [0.29, 0.717) is 33.9 Å². The summed E-state index contributed by atoms with van der Waals surface area (Å²) in [4.78, 5) is 24.6. The van der Waals surface area contributed by atoms with Gasteiger partial charge in [0.2, 0.25) is 5.76 Å². The predicted octanol–water partition coefficient (Wildman–Crippen LogP) is 4.19. The Morgan fingerprint density at radius 2 is 1.79 bits per heavy atom. The smallest absolute Gasteiger partial charge is 0.374 e. The molecule has 1 heterocycles. The van der Waals surface area contributed by atoms with Crippen molar-refractivity contribution in [1.29, 1.82) is 0 Å². The summed E-state index contributed by atoms with van der Waals surface area (Å²) in [5.74, 6) is 0.353. The summed E-state index contributed by atoms with van der Waals surface area (Å²) in [5, 5.41) is 3.60. The van der Waals surface area contributed by atoms with Crippen molar-refractivity contribution in [3.8, 4) is 11.5 Å². The maximum atomic E-state index is 12.6. The van der Waals surface area contributed by atoms with E-state index in [1.807, 2.05) is 0 Å². The van der Waals surface area contributed by atoms with Gasteiger partial charge in [-0.15, -0.1) is 0 Å².